The zero-order valence-electron chi connectivity index (χ0n) is 20.1. The molecule has 0 saturated carbocycles. The molecule has 1 aliphatic rings. The molecule has 1 aromatic carbocycles. The lowest BCUT2D eigenvalue weighted by Gasteiger charge is -2.29. The Balaban J connectivity index is 1.66. The van der Waals surface area contributed by atoms with Crippen LogP contribution in [0.5, 0.6) is 11.5 Å². The molecule has 0 radical (unpaired) electrons. The lowest BCUT2D eigenvalue weighted by Crippen LogP contribution is -2.45. The van der Waals surface area contributed by atoms with Crippen LogP contribution in [0.1, 0.15) is 30.5 Å². The molecule has 2 aromatic heterocycles. The molecule has 0 unspecified atom stereocenters. The Morgan fingerprint density at radius 1 is 1.26 bits per heavy atom. The van der Waals surface area contributed by atoms with Crippen LogP contribution in [0, 0.1) is 11.8 Å². The summed E-state index contributed by atoms with van der Waals surface area (Å²) in [6.07, 6.45) is 5.61. The van der Waals surface area contributed by atoms with Gasteiger partial charge in [-0.1, -0.05) is 12.0 Å². The number of methoxy groups -OCH3 is 1. The Kier molecular flexibility index (Phi) is 8.19. The summed E-state index contributed by atoms with van der Waals surface area (Å²) in [5, 5.41) is 8.68. The maximum absolute atomic E-state index is 12.9. The number of likely N-dealkylation sites (tertiary alicyclic amines) is 1. The fourth-order valence-corrected chi connectivity index (χ4v) is 4.43. The van der Waals surface area contributed by atoms with Gasteiger partial charge in [0.1, 0.15) is 12.4 Å². The SMILES string of the molecule is CC#CCOc1cc2c(NC(=O)NC3CCN(C)CC3)nc(/C=C/c3cccs3)nc2cc1OC. The summed E-state index contributed by atoms with van der Waals surface area (Å²) in [7, 11) is 3.67. The highest BCUT2D eigenvalue weighted by atomic mass is 32.1. The van der Waals surface area contributed by atoms with Gasteiger partial charge < -0.3 is 19.7 Å². The minimum absolute atomic E-state index is 0.129. The van der Waals surface area contributed by atoms with E-state index in [2.05, 4.69) is 44.4 Å². The summed E-state index contributed by atoms with van der Waals surface area (Å²) >= 11 is 1.62. The fraction of sp³-hybridized carbons (Fsp3) is 0.346. The number of nitrogens with one attached hydrogen (secondary N) is 2. The standard InChI is InChI=1S/C26H29N5O3S/c1-4-5-14-34-23-16-20-21(17-22(23)33-3)28-24(9-8-19-7-6-15-35-19)29-25(20)30-26(32)27-18-10-12-31(2)13-11-18/h6-9,15-18H,10-14H2,1-3H3,(H2,27,28,29,30,32)/b9-8+. The Morgan fingerprint density at radius 3 is 2.80 bits per heavy atom. The van der Waals surface area contributed by atoms with Gasteiger partial charge in [-0.05, 0) is 69.6 Å². The minimum atomic E-state index is -0.289. The highest BCUT2D eigenvalue weighted by Crippen LogP contribution is 2.34. The van der Waals surface area contributed by atoms with Crippen LogP contribution in [-0.4, -0.2) is 60.8 Å². The van der Waals surface area contributed by atoms with Crippen molar-refractivity contribution >= 4 is 46.2 Å². The first kappa shape index (κ1) is 24.5. The van der Waals surface area contributed by atoms with Gasteiger partial charge in [0.15, 0.2) is 17.3 Å². The zero-order chi connectivity index (χ0) is 24.6. The van der Waals surface area contributed by atoms with E-state index < -0.39 is 0 Å². The number of fused-ring (bicyclic) bond motifs is 1. The fourth-order valence-electron chi connectivity index (χ4n) is 3.81. The van der Waals surface area contributed by atoms with E-state index in [0.29, 0.717) is 34.0 Å². The highest BCUT2D eigenvalue weighted by molar-refractivity contribution is 7.10. The number of urea groups is 1. The largest absolute Gasteiger partial charge is 0.493 e. The molecule has 4 rings (SSSR count). The van der Waals surface area contributed by atoms with Gasteiger partial charge in [0.25, 0.3) is 0 Å². The van der Waals surface area contributed by atoms with Crippen LogP contribution in [0.3, 0.4) is 0 Å². The molecule has 2 N–H and O–H groups in total. The van der Waals surface area contributed by atoms with Crippen LogP contribution < -0.4 is 20.1 Å². The first-order chi connectivity index (χ1) is 17.1. The van der Waals surface area contributed by atoms with E-state index in [1.54, 1.807) is 37.5 Å². The van der Waals surface area contributed by atoms with Crippen LogP contribution in [-0.2, 0) is 0 Å². The Labute approximate surface area is 209 Å². The molecule has 0 aliphatic carbocycles. The summed E-state index contributed by atoms with van der Waals surface area (Å²) in [6, 6.07) is 7.41. The summed E-state index contributed by atoms with van der Waals surface area (Å²) in [5.74, 6) is 7.61. The maximum atomic E-state index is 12.9. The summed E-state index contributed by atoms with van der Waals surface area (Å²) < 4.78 is 11.3. The number of hydrogen-bond acceptors (Lipinski definition) is 7. The third kappa shape index (κ3) is 6.50. The van der Waals surface area contributed by atoms with Crippen LogP contribution in [0.25, 0.3) is 23.1 Å². The van der Waals surface area contributed by atoms with Gasteiger partial charge in [0, 0.05) is 22.4 Å². The van der Waals surface area contributed by atoms with Crippen LogP contribution in [0.2, 0.25) is 0 Å². The number of anilines is 1. The van der Waals surface area contributed by atoms with Gasteiger partial charge >= 0.3 is 6.03 Å². The molecule has 3 aromatic rings. The van der Waals surface area contributed by atoms with E-state index in [-0.39, 0.29) is 18.7 Å². The zero-order valence-corrected chi connectivity index (χ0v) is 20.9. The van der Waals surface area contributed by atoms with Crippen molar-refractivity contribution in [2.24, 2.45) is 0 Å². The Hall–Kier alpha value is -3.61. The number of carbonyl (C=O) groups excluding carboxylic acids is 1. The van der Waals surface area contributed by atoms with Crippen LogP contribution in [0.15, 0.2) is 29.6 Å². The number of carbonyl (C=O) groups is 1. The second-order valence-electron chi connectivity index (χ2n) is 8.19. The average Bonchev–Trinajstić information content (AvgIpc) is 3.38. The lowest BCUT2D eigenvalue weighted by atomic mass is 10.1. The number of piperidine rings is 1. The van der Waals surface area contributed by atoms with Crippen molar-refractivity contribution < 1.29 is 14.3 Å². The van der Waals surface area contributed by atoms with Gasteiger partial charge in [0.2, 0.25) is 0 Å². The maximum Gasteiger partial charge on any atom is 0.320 e. The Morgan fingerprint density at radius 2 is 2.09 bits per heavy atom. The average molecular weight is 492 g/mol. The molecular formula is C26H29N5O3S. The second-order valence-corrected chi connectivity index (χ2v) is 9.17. The molecule has 2 amide bonds. The van der Waals surface area contributed by atoms with E-state index in [1.165, 1.54) is 0 Å². The van der Waals surface area contributed by atoms with E-state index in [0.717, 1.165) is 30.8 Å². The van der Waals surface area contributed by atoms with E-state index in [9.17, 15) is 4.79 Å². The van der Waals surface area contributed by atoms with Crippen molar-refractivity contribution in [1.29, 1.82) is 0 Å². The predicted octanol–water partition coefficient (Wildman–Crippen LogP) is 4.49. The highest BCUT2D eigenvalue weighted by Gasteiger charge is 2.20. The smallest absolute Gasteiger partial charge is 0.320 e. The van der Waals surface area contributed by atoms with E-state index >= 15 is 0 Å². The number of nitrogens with zero attached hydrogens (tertiary/aromatic N) is 3. The summed E-state index contributed by atoms with van der Waals surface area (Å²) in [4.78, 5) is 25.6. The van der Waals surface area contributed by atoms with Crippen LogP contribution in [0.4, 0.5) is 10.6 Å². The number of ether oxygens (including phenoxy) is 2. The molecule has 1 aliphatic heterocycles. The van der Waals surface area contributed by atoms with Gasteiger partial charge in [-0.25, -0.2) is 14.8 Å². The van der Waals surface area contributed by atoms with Gasteiger partial charge in [-0.2, -0.15) is 0 Å². The summed E-state index contributed by atoms with van der Waals surface area (Å²) in [6.45, 7) is 3.89. The van der Waals surface area contributed by atoms with Crippen molar-refractivity contribution in [1.82, 2.24) is 20.2 Å². The van der Waals surface area contributed by atoms with Crippen molar-refractivity contribution in [3.05, 3.63) is 40.3 Å². The molecule has 35 heavy (non-hydrogen) atoms. The third-order valence-electron chi connectivity index (χ3n) is 5.70. The van der Waals surface area contributed by atoms with Crippen molar-refractivity contribution in [2.75, 3.05) is 39.2 Å². The number of amides is 2. The molecular weight excluding hydrogens is 462 g/mol. The number of thiophene rings is 1. The van der Waals surface area contributed by atoms with Crippen molar-refractivity contribution in [3.63, 3.8) is 0 Å². The third-order valence-corrected chi connectivity index (χ3v) is 6.54. The van der Waals surface area contributed by atoms with E-state index in [1.807, 2.05) is 29.7 Å². The van der Waals surface area contributed by atoms with Crippen molar-refractivity contribution in [3.8, 4) is 23.3 Å². The Bertz CT molecular complexity index is 1260. The molecule has 0 spiro atoms. The van der Waals surface area contributed by atoms with Gasteiger partial charge in [-0.15, -0.1) is 17.3 Å². The monoisotopic (exact) mass is 491 g/mol. The summed E-state index contributed by atoms with van der Waals surface area (Å²) in [5.41, 5.74) is 0.631. The molecule has 0 bridgehead atoms. The molecule has 182 valence electrons. The number of aromatic nitrogens is 2. The second kappa shape index (κ2) is 11.7. The molecule has 1 saturated heterocycles. The molecule has 9 heteroatoms. The quantitative estimate of drug-likeness (QED) is 0.474. The van der Waals surface area contributed by atoms with Crippen LogP contribution >= 0.6 is 11.3 Å². The van der Waals surface area contributed by atoms with Gasteiger partial charge in [0.05, 0.1) is 12.6 Å². The van der Waals surface area contributed by atoms with Gasteiger partial charge in [-0.3, -0.25) is 5.32 Å². The normalized spacial score (nSPS) is 14.5. The topological polar surface area (TPSA) is 88.6 Å². The van der Waals surface area contributed by atoms with E-state index in [4.69, 9.17) is 9.47 Å². The number of hydrogen-bond donors (Lipinski definition) is 2. The molecule has 0 atom stereocenters. The lowest BCUT2D eigenvalue weighted by molar-refractivity contribution is 0.221. The number of rotatable bonds is 7. The first-order valence-electron chi connectivity index (χ1n) is 11.5. The molecule has 3 heterocycles. The predicted molar refractivity (Wildman–Crippen MR) is 141 cm³/mol. The van der Waals surface area contributed by atoms with Crippen molar-refractivity contribution in [2.45, 2.75) is 25.8 Å². The molecule has 8 nitrogen and oxygen atoms in total. The number of benzene rings is 1. The molecule has 1 fully saturated rings. The first-order valence-corrected chi connectivity index (χ1v) is 12.3. The minimum Gasteiger partial charge on any atom is -0.493 e.